The number of imide groups is 1. The highest BCUT2D eigenvalue weighted by Crippen LogP contribution is 2.35. The Morgan fingerprint density at radius 2 is 1.45 bits per heavy atom. The fourth-order valence-corrected chi connectivity index (χ4v) is 3.95. The summed E-state index contributed by atoms with van der Waals surface area (Å²) in [6, 6.07) is 17.9. The Labute approximate surface area is 170 Å². The number of amides is 2. The average molecular weight is 389 g/mol. The Bertz CT molecular complexity index is 907. The second-order valence-electron chi connectivity index (χ2n) is 7.46. The fourth-order valence-electron chi connectivity index (χ4n) is 3.95. The normalized spacial score (nSPS) is 20.6. The lowest BCUT2D eigenvalue weighted by Crippen LogP contribution is -2.33. The SMILES string of the molecule is O=C(CCN1C(=O)[C@H]2CC=CC[C@H]2C1=O)OCc1ccc(-c2ccccc2)cc1. The number of likely N-dealkylation sites (tertiary alicyclic amines) is 1. The van der Waals surface area contributed by atoms with Gasteiger partial charge in [-0.3, -0.25) is 19.3 Å². The van der Waals surface area contributed by atoms with E-state index in [4.69, 9.17) is 4.74 Å². The van der Waals surface area contributed by atoms with Gasteiger partial charge in [0.05, 0.1) is 18.3 Å². The Hall–Kier alpha value is -3.21. The van der Waals surface area contributed by atoms with E-state index in [1.165, 1.54) is 4.90 Å². The molecule has 2 aromatic rings. The van der Waals surface area contributed by atoms with Crippen LogP contribution in [0.5, 0.6) is 0 Å². The second kappa shape index (κ2) is 8.43. The highest BCUT2D eigenvalue weighted by atomic mass is 16.5. The van der Waals surface area contributed by atoms with E-state index < -0.39 is 5.97 Å². The number of hydrogen-bond donors (Lipinski definition) is 0. The van der Waals surface area contributed by atoms with Crippen LogP contribution >= 0.6 is 0 Å². The molecule has 1 heterocycles. The summed E-state index contributed by atoms with van der Waals surface area (Å²) in [6.45, 7) is 0.265. The molecular weight excluding hydrogens is 366 g/mol. The highest BCUT2D eigenvalue weighted by Gasteiger charge is 2.46. The minimum Gasteiger partial charge on any atom is -0.461 e. The summed E-state index contributed by atoms with van der Waals surface area (Å²) in [5.74, 6) is -1.24. The van der Waals surface area contributed by atoms with Gasteiger partial charge in [0.25, 0.3) is 0 Å². The minimum absolute atomic E-state index is 0.0203. The van der Waals surface area contributed by atoms with Crippen LogP contribution in [0.25, 0.3) is 11.1 Å². The molecule has 4 rings (SSSR count). The number of benzene rings is 2. The zero-order valence-electron chi connectivity index (χ0n) is 16.1. The van der Waals surface area contributed by atoms with Gasteiger partial charge in [0, 0.05) is 6.54 Å². The molecule has 2 aromatic carbocycles. The van der Waals surface area contributed by atoms with Crippen molar-refractivity contribution in [3.8, 4) is 11.1 Å². The molecular formula is C24H23NO4. The van der Waals surface area contributed by atoms with Crippen LogP contribution < -0.4 is 0 Å². The van der Waals surface area contributed by atoms with Crippen LogP contribution in [0.1, 0.15) is 24.8 Å². The lowest BCUT2D eigenvalue weighted by Gasteiger charge is -2.14. The number of hydrogen-bond acceptors (Lipinski definition) is 4. The summed E-state index contributed by atoms with van der Waals surface area (Å²) in [5.41, 5.74) is 3.12. The molecule has 1 aliphatic heterocycles. The number of ether oxygens (including phenoxy) is 1. The van der Waals surface area contributed by atoms with E-state index >= 15 is 0 Å². The van der Waals surface area contributed by atoms with Crippen molar-refractivity contribution in [3.05, 3.63) is 72.3 Å². The summed E-state index contributed by atoms with van der Waals surface area (Å²) >= 11 is 0. The van der Waals surface area contributed by atoms with Gasteiger partial charge in [-0.2, -0.15) is 0 Å². The maximum absolute atomic E-state index is 12.4. The van der Waals surface area contributed by atoms with Crippen molar-refractivity contribution in [1.82, 2.24) is 4.90 Å². The van der Waals surface area contributed by atoms with E-state index in [1.54, 1.807) is 0 Å². The van der Waals surface area contributed by atoms with Crippen LogP contribution in [0, 0.1) is 11.8 Å². The van der Waals surface area contributed by atoms with Crippen molar-refractivity contribution in [2.75, 3.05) is 6.54 Å². The molecule has 0 bridgehead atoms. The van der Waals surface area contributed by atoms with Gasteiger partial charge in [-0.15, -0.1) is 0 Å². The van der Waals surface area contributed by atoms with Crippen molar-refractivity contribution in [1.29, 1.82) is 0 Å². The van der Waals surface area contributed by atoms with E-state index in [1.807, 2.05) is 66.7 Å². The third-order valence-electron chi connectivity index (χ3n) is 5.60. The maximum atomic E-state index is 12.4. The quantitative estimate of drug-likeness (QED) is 0.429. The van der Waals surface area contributed by atoms with Gasteiger partial charge in [0.1, 0.15) is 6.61 Å². The molecule has 0 radical (unpaired) electrons. The molecule has 0 N–H and O–H groups in total. The third kappa shape index (κ3) is 4.14. The van der Waals surface area contributed by atoms with Crippen LogP contribution in [0.2, 0.25) is 0 Å². The zero-order valence-corrected chi connectivity index (χ0v) is 16.1. The molecule has 5 nitrogen and oxygen atoms in total. The van der Waals surface area contributed by atoms with Gasteiger partial charge in [-0.1, -0.05) is 66.7 Å². The number of rotatable bonds is 6. The van der Waals surface area contributed by atoms with E-state index in [0.717, 1.165) is 16.7 Å². The lowest BCUT2D eigenvalue weighted by molar-refractivity contribution is -0.146. The summed E-state index contributed by atoms with van der Waals surface area (Å²) in [5, 5.41) is 0. The number of carbonyl (C=O) groups excluding carboxylic acids is 3. The predicted octanol–water partition coefficient (Wildman–Crippen LogP) is 3.74. The van der Waals surface area contributed by atoms with Gasteiger partial charge in [-0.05, 0) is 29.5 Å². The topological polar surface area (TPSA) is 63.7 Å². The summed E-state index contributed by atoms with van der Waals surface area (Å²) in [4.78, 5) is 38.2. The molecule has 29 heavy (non-hydrogen) atoms. The summed E-state index contributed by atoms with van der Waals surface area (Å²) in [7, 11) is 0. The van der Waals surface area contributed by atoms with Crippen molar-refractivity contribution in [3.63, 3.8) is 0 Å². The first kappa shape index (κ1) is 19.1. The summed E-state index contributed by atoms with van der Waals surface area (Å²) < 4.78 is 5.32. The molecule has 148 valence electrons. The lowest BCUT2D eigenvalue weighted by atomic mass is 9.85. The Balaban J connectivity index is 1.26. The second-order valence-corrected chi connectivity index (χ2v) is 7.46. The molecule has 2 atom stereocenters. The molecule has 0 aromatic heterocycles. The summed E-state index contributed by atoms with van der Waals surface area (Å²) in [6.07, 6.45) is 5.14. The monoisotopic (exact) mass is 389 g/mol. The predicted molar refractivity (Wildman–Crippen MR) is 108 cm³/mol. The molecule has 0 unspecified atom stereocenters. The van der Waals surface area contributed by atoms with Crippen molar-refractivity contribution < 1.29 is 19.1 Å². The van der Waals surface area contributed by atoms with Crippen LogP contribution in [0.3, 0.4) is 0 Å². The Kier molecular flexibility index (Phi) is 5.56. The van der Waals surface area contributed by atoms with Crippen LogP contribution in [-0.4, -0.2) is 29.2 Å². The van der Waals surface area contributed by atoms with Gasteiger partial charge in [0.15, 0.2) is 0 Å². The molecule has 2 amide bonds. The van der Waals surface area contributed by atoms with Crippen molar-refractivity contribution in [2.45, 2.75) is 25.9 Å². The third-order valence-corrected chi connectivity index (χ3v) is 5.60. The maximum Gasteiger partial charge on any atom is 0.307 e. The first-order chi connectivity index (χ1) is 14.1. The first-order valence-electron chi connectivity index (χ1n) is 9.93. The number of esters is 1. The number of nitrogens with zero attached hydrogens (tertiary/aromatic N) is 1. The molecule has 0 spiro atoms. The molecule has 1 aliphatic carbocycles. The van der Waals surface area contributed by atoms with Gasteiger partial charge >= 0.3 is 5.97 Å². The first-order valence-corrected chi connectivity index (χ1v) is 9.93. The molecule has 1 fully saturated rings. The fraction of sp³-hybridized carbons (Fsp3) is 0.292. The van der Waals surface area contributed by atoms with E-state index in [9.17, 15) is 14.4 Å². The largest absolute Gasteiger partial charge is 0.461 e. The molecule has 2 aliphatic rings. The number of carbonyl (C=O) groups is 3. The molecule has 1 saturated heterocycles. The van der Waals surface area contributed by atoms with Crippen LogP contribution in [-0.2, 0) is 25.7 Å². The number of fused-ring (bicyclic) bond motifs is 1. The smallest absolute Gasteiger partial charge is 0.307 e. The van der Waals surface area contributed by atoms with Crippen molar-refractivity contribution >= 4 is 17.8 Å². The van der Waals surface area contributed by atoms with Crippen molar-refractivity contribution in [2.24, 2.45) is 11.8 Å². The Morgan fingerprint density at radius 3 is 2.07 bits per heavy atom. The minimum atomic E-state index is -0.411. The van der Waals surface area contributed by atoms with Gasteiger partial charge < -0.3 is 4.74 Å². The van der Waals surface area contributed by atoms with Crippen LogP contribution in [0.4, 0.5) is 0 Å². The highest BCUT2D eigenvalue weighted by molar-refractivity contribution is 6.05. The van der Waals surface area contributed by atoms with Gasteiger partial charge in [0.2, 0.25) is 11.8 Å². The van der Waals surface area contributed by atoms with E-state index in [0.29, 0.717) is 12.8 Å². The zero-order chi connectivity index (χ0) is 20.2. The Morgan fingerprint density at radius 1 is 0.862 bits per heavy atom. The molecule has 5 heteroatoms. The molecule has 0 saturated carbocycles. The number of allylic oxidation sites excluding steroid dienone is 2. The van der Waals surface area contributed by atoms with E-state index in [-0.39, 0.29) is 43.2 Å². The standard InChI is InChI=1S/C24H23NO4/c26-22(14-15-25-23(27)20-8-4-5-9-21(20)24(25)28)29-16-17-10-12-19(13-11-17)18-6-2-1-3-7-18/h1-7,10-13,20-21H,8-9,14-16H2/t20-,21+. The van der Waals surface area contributed by atoms with Crippen LogP contribution in [0.15, 0.2) is 66.7 Å². The van der Waals surface area contributed by atoms with Gasteiger partial charge in [-0.25, -0.2) is 0 Å². The average Bonchev–Trinajstić information content (AvgIpc) is 3.02. The van der Waals surface area contributed by atoms with E-state index in [2.05, 4.69) is 0 Å².